The summed E-state index contributed by atoms with van der Waals surface area (Å²) >= 11 is 0. The van der Waals surface area contributed by atoms with E-state index >= 15 is 0 Å². The van der Waals surface area contributed by atoms with Gasteiger partial charge in [-0.25, -0.2) is 4.79 Å². The van der Waals surface area contributed by atoms with E-state index in [4.69, 9.17) is 4.74 Å². The van der Waals surface area contributed by atoms with Crippen LogP contribution in [0.15, 0.2) is 36.9 Å². The maximum atomic E-state index is 11.9. The maximum Gasteiger partial charge on any atom is 0.335 e. The van der Waals surface area contributed by atoms with Gasteiger partial charge in [0.15, 0.2) is 5.78 Å². The van der Waals surface area contributed by atoms with Crippen molar-refractivity contribution in [1.29, 1.82) is 0 Å². The van der Waals surface area contributed by atoms with Crippen LogP contribution in [0.2, 0.25) is 0 Å². The van der Waals surface area contributed by atoms with Gasteiger partial charge in [0.2, 0.25) is 0 Å². The van der Waals surface area contributed by atoms with Gasteiger partial charge in [0.25, 0.3) is 0 Å². The number of carbonyl (C=O) groups excluding carboxylic acids is 2. The van der Waals surface area contributed by atoms with Crippen molar-refractivity contribution in [1.82, 2.24) is 0 Å². The molecule has 0 N–H and O–H groups in total. The standard InChI is InChI=1S/C14H16O3/c1-5-12(15)17-11-8-6-10(7-9-11)13(16)14(2,3)4/h5-9H,1H2,2-4H3. The number of hydrogen-bond donors (Lipinski definition) is 0. The number of esters is 1. The Morgan fingerprint density at radius 2 is 1.71 bits per heavy atom. The number of carbonyl (C=O) groups is 2. The first-order chi connectivity index (χ1) is 7.84. The van der Waals surface area contributed by atoms with Gasteiger partial charge in [-0.05, 0) is 24.3 Å². The largest absolute Gasteiger partial charge is 0.423 e. The Kier molecular flexibility index (Phi) is 3.84. The van der Waals surface area contributed by atoms with Crippen LogP contribution in [0.3, 0.4) is 0 Å². The highest BCUT2D eigenvalue weighted by Crippen LogP contribution is 2.22. The van der Waals surface area contributed by atoms with Crippen molar-refractivity contribution in [3.8, 4) is 5.75 Å². The minimum atomic E-state index is -0.514. The van der Waals surface area contributed by atoms with Crippen LogP contribution in [-0.4, -0.2) is 11.8 Å². The van der Waals surface area contributed by atoms with Gasteiger partial charge in [0, 0.05) is 17.1 Å². The number of ether oxygens (including phenoxy) is 1. The number of benzene rings is 1. The molecule has 0 aliphatic heterocycles. The second-order valence-electron chi connectivity index (χ2n) is 4.73. The van der Waals surface area contributed by atoms with Gasteiger partial charge >= 0.3 is 5.97 Å². The molecule has 0 bridgehead atoms. The molecule has 0 aliphatic rings. The van der Waals surface area contributed by atoms with Crippen LogP contribution in [0, 0.1) is 5.41 Å². The number of rotatable bonds is 3. The third kappa shape index (κ3) is 3.55. The van der Waals surface area contributed by atoms with Gasteiger partial charge in [-0.1, -0.05) is 27.4 Å². The fourth-order valence-electron chi connectivity index (χ4n) is 1.27. The van der Waals surface area contributed by atoms with Crippen molar-refractivity contribution in [2.24, 2.45) is 5.41 Å². The summed E-state index contributed by atoms with van der Waals surface area (Å²) in [5.74, 6) is -0.0562. The molecular formula is C14H16O3. The third-order valence-corrected chi connectivity index (χ3v) is 2.18. The molecule has 17 heavy (non-hydrogen) atoms. The zero-order valence-corrected chi connectivity index (χ0v) is 10.3. The van der Waals surface area contributed by atoms with Gasteiger partial charge in [-0.2, -0.15) is 0 Å². The molecule has 0 radical (unpaired) electrons. The second kappa shape index (κ2) is 4.95. The van der Waals surface area contributed by atoms with Crippen molar-refractivity contribution in [2.75, 3.05) is 0 Å². The van der Waals surface area contributed by atoms with E-state index in [-0.39, 0.29) is 5.78 Å². The predicted octanol–water partition coefficient (Wildman–Crippen LogP) is 3.01. The predicted molar refractivity (Wildman–Crippen MR) is 66.1 cm³/mol. The lowest BCUT2D eigenvalue weighted by atomic mass is 9.86. The highest BCUT2D eigenvalue weighted by molar-refractivity contribution is 5.99. The summed E-state index contributed by atoms with van der Waals surface area (Å²) in [4.78, 5) is 22.9. The first kappa shape index (κ1) is 13.2. The van der Waals surface area contributed by atoms with Gasteiger partial charge in [-0.15, -0.1) is 0 Å². The minimum absolute atomic E-state index is 0.0547. The van der Waals surface area contributed by atoms with E-state index in [2.05, 4.69) is 6.58 Å². The summed E-state index contributed by atoms with van der Waals surface area (Å²) in [6.07, 6.45) is 1.09. The van der Waals surface area contributed by atoms with E-state index in [9.17, 15) is 9.59 Å². The molecule has 0 atom stereocenters. The molecule has 0 heterocycles. The summed E-state index contributed by atoms with van der Waals surface area (Å²) in [5, 5.41) is 0. The van der Waals surface area contributed by atoms with E-state index in [0.717, 1.165) is 6.08 Å². The SMILES string of the molecule is C=CC(=O)Oc1ccc(C(=O)C(C)(C)C)cc1. The number of hydrogen-bond acceptors (Lipinski definition) is 3. The van der Waals surface area contributed by atoms with E-state index in [1.165, 1.54) is 0 Å². The quantitative estimate of drug-likeness (QED) is 0.348. The lowest BCUT2D eigenvalue weighted by Crippen LogP contribution is -2.20. The van der Waals surface area contributed by atoms with E-state index in [0.29, 0.717) is 11.3 Å². The molecule has 0 unspecified atom stereocenters. The van der Waals surface area contributed by atoms with E-state index in [1.54, 1.807) is 24.3 Å². The molecule has 0 saturated carbocycles. The fourth-order valence-corrected chi connectivity index (χ4v) is 1.27. The highest BCUT2D eigenvalue weighted by Gasteiger charge is 2.22. The molecular weight excluding hydrogens is 216 g/mol. The van der Waals surface area contributed by atoms with Gasteiger partial charge in [-0.3, -0.25) is 4.79 Å². The van der Waals surface area contributed by atoms with E-state index in [1.807, 2.05) is 20.8 Å². The molecule has 1 aromatic rings. The molecule has 0 aliphatic carbocycles. The first-order valence-corrected chi connectivity index (χ1v) is 5.33. The van der Waals surface area contributed by atoms with Crippen molar-refractivity contribution >= 4 is 11.8 Å². The molecule has 1 aromatic carbocycles. The Hall–Kier alpha value is -1.90. The molecule has 90 valence electrons. The van der Waals surface area contributed by atoms with E-state index < -0.39 is 11.4 Å². The zero-order chi connectivity index (χ0) is 13.1. The summed E-state index contributed by atoms with van der Waals surface area (Å²) in [6, 6.07) is 6.50. The highest BCUT2D eigenvalue weighted by atomic mass is 16.5. The fraction of sp³-hybridized carbons (Fsp3) is 0.286. The van der Waals surface area contributed by atoms with Gasteiger partial charge in [0.1, 0.15) is 5.75 Å². The smallest absolute Gasteiger partial charge is 0.335 e. The summed E-state index contributed by atoms with van der Waals surface area (Å²) in [5.41, 5.74) is 0.190. The van der Waals surface area contributed by atoms with Gasteiger partial charge in [0.05, 0.1) is 0 Å². The molecule has 0 spiro atoms. The lowest BCUT2D eigenvalue weighted by molar-refractivity contribution is -0.128. The molecule has 3 heteroatoms. The maximum absolute atomic E-state index is 11.9. The molecule has 0 aromatic heterocycles. The van der Waals surface area contributed by atoms with Crippen molar-refractivity contribution in [3.63, 3.8) is 0 Å². The first-order valence-electron chi connectivity index (χ1n) is 5.33. The Balaban J connectivity index is 2.85. The Labute approximate surface area is 101 Å². The average Bonchev–Trinajstić information content (AvgIpc) is 2.27. The third-order valence-electron chi connectivity index (χ3n) is 2.18. The van der Waals surface area contributed by atoms with Crippen molar-refractivity contribution in [3.05, 3.63) is 42.5 Å². The molecule has 1 rings (SSSR count). The molecule has 0 amide bonds. The van der Waals surface area contributed by atoms with Crippen molar-refractivity contribution < 1.29 is 14.3 Å². The van der Waals surface area contributed by atoms with Crippen LogP contribution in [0.5, 0.6) is 5.75 Å². The molecule has 0 fully saturated rings. The Morgan fingerprint density at radius 3 is 2.12 bits per heavy atom. The minimum Gasteiger partial charge on any atom is -0.423 e. The normalized spacial score (nSPS) is 10.8. The Morgan fingerprint density at radius 1 is 1.18 bits per heavy atom. The molecule has 3 nitrogen and oxygen atoms in total. The summed E-state index contributed by atoms with van der Waals surface area (Å²) in [6.45, 7) is 8.89. The topological polar surface area (TPSA) is 43.4 Å². The Bertz CT molecular complexity index is 436. The van der Waals surface area contributed by atoms with Crippen LogP contribution in [0.4, 0.5) is 0 Å². The second-order valence-corrected chi connectivity index (χ2v) is 4.73. The van der Waals surface area contributed by atoms with Crippen LogP contribution in [0.25, 0.3) is 0 Å². The summed E-state index contributed by atoms with van der Waals surface area (Å²) < 4.78 is 4.92. The van der Waals surface area contributed by atoms with Crippen LogP contribution in [0.1, 0.15) is 31.1 Å². The van der Waals surface area contributed by atoms with Crippen molar-refractivity contribution in [2.45, 2.75) is 20.8 Å². The lowest BCUT2D eigenvalue weighted by Gasteiger charge is -2.16. The average molecular weight is 232 g/mol. The number of ketones is 1. The zero-order valence-electron chi connectivity index (χ0n) is 10.3. The summed E-state index contributed by atoms with van der Waals surface area (Å²) in [7, 11) is 0. The molecule has 0 saturated heterocycles. The van der Waals surface area contributed by atoms with Crippen LogP contribution >= 0.6 is 0 Å². The van der Waals surface area contributed by atoms with Crippen LogP contribution < -0.4 is 4.74 Å². The van der Waals surface area contributed by atoms with Gasteiger partial charge < -0.3 is 4.74 Å². The number of Topliss-reactive ketones (excluding diaryl/α,β-unsaturated/α-hetero) is 1. The van der Waals surface area contributed by atoms with Crippen LogP contribution in [-0.2, 0) is 4.79 Å². The monoisotopic (exact) mass is 232 g/mol.